The Morgan fingerprint density at radius 1 is 1.39 bits per heavy atom. The molecule has 98 valence electrons. The molecule has 0 aliphatic heterocycles. The molecule has 0 spiro atoms. The minimum atomic E-state index is -4.40. The SMILES string of the molecule is CNC(c1cnc(C(F)(F)F)s1)c1nccn1C. The zero-order valence-corrected chi connectivity index (χ0v) is 10.5. The Bertz CT molecular complexity index is 531. The molecule has 0 aromatic carbocycles. The molecule has 0 aliphatic rings. The first kappa shape index (κ1) is 13.0. The molecule has 0 saturated heterocycles. The maximum absolute atomic E-state index is 12.5. The second-order valence-electron chi connectivity index (χ2n) is 3.68. The fourth-order valence-corrected chi connectivity index (χ4v) is 2.50. The lowest BCUT2D eigenvalue weighted by molar-refractivity contribution is -0.137. The van der Waals surface area contributed by atoms with Gasteiger partial charge in [0.1, 0.15) is 11.9 Å². The van der Waals surface area contributed by atoms with Crippen LogP contribution in [0.1, 0.15) is 21.8 Å². The Morgan fingerprint density at radius 3 is 2.56 bits per heavy atom. The summed E-state index contributed by atoms with van der Waals surface area (Å²) in [5, 5.41) is 2.11. The van der Waals surface area contributed by atoms with Gasteiger partial charge in [0.2, 0.25) is 0 Å². The molecule has 0 amide bonds. The van der Waals surface area contributed by atoms with Crippen LogP contribution in [0, 0.1) is 0 Å². The molecule has 0 fully saturated rings. The van der Waals surface area contributed by atoms with Gasteiger partial charge in [0.15, 0.2) is 5.01 Å². The number of rotatable bonds is 3. The van der Waals surface area contributed by atoms with Crippen molar-refractivity contribution in [2.24, 2.45) is 7.05 Å². The highest BCUT2D eigenvalue weighted by Gasteiger charge is 2.35. The Morgan fingerprint density at radius 2 is 2.11 bits per heavy atom. The third-order valence-electron chi connectivity index (χ3n) is 2.46. The first-order valence-corrected chi connectivity index (χ1v) is 5.92. The lowest BCUT2D eigenvalue weighted by Crippen LogP contribution is -2.20. The number of nitrogens with one attached hydrogen (secondary N) is 1. The van der Waals surface area contributed by atoms with Gasteiger partial charge < -0.3 is 9.88 Å². The maximum Gasteiger partial charge on any atom is 0.443 e. The minimum absolute atomic E-state index is 0.390. The standard InChI is InChI=1S/C10H11F3N4S/c1-14-7(8-15-3-4-17(8)2)6-5-16-9(18-6)10(11,12)13/h3-5,7,14H,1-2H3. The molecule has 0 aliphatic carbocycles. The van der Waals surface area contributed by atoms with E-state index in [4.69, 9.17) is 0 Å². The van der Waals surface area contributed by atoms with Crippen molar-refractivity contribution in [2.75, 3.05) is 7.05 Å². The van der Waals surface area contributed by atoms with Gasteiger partial charge in [-0.3, -0.25) is 0 Å². The smallest absolute Gasteiger partial charge is 0.336 e. The zero-order chi connectivity index (χ0) is 13.3. The van der Waals surface area contributed by atoms with E-state index in [0.29, 0.717) is 22.0 Å². The van der Waals surface area contributed by atoms with Crippen LogP contribution in [0.15, 0.2) is 18.6 Å². The molecule has 4 nitrogen and oxygen atoms in total. The summed E-state index contributed by atoms with van der Waals surface area (Å²) >= 11 is 0.628. The molecule has 2 aromatic rings. The molecule has 0 saturated carbocycles. The van der Waals surface area contributed by atoms with Crippen molar-refractivity contribution >= 4 is 11.3 Å². The number of hydrogen-bond donors (Lipinski definition) is 1. The van der Waals surface area contributed by atoms with Crippen LogP contribution in [0.3, 0.4) is 0 Å². The first-order chi connectivity index (χ1) is 8.43. The van der Waals surface area contributed by atoms with Crippen LogP contribution in [0.4, 0.5) is 13.2 Å². The van der Waals surface area contributed by atoms with E-state index >= 15 is 0 Å². The minimum Gasteiger partial charge on any atom is -0.336 e. The van der Waals surface area contributed by atoms with Gasteiger partial charge in [0.05, 0.1) is 0 Å². The molecule has 18 heavy (non-hydrogen) atoms. The fraction of sp³-hybridized carbons (Fsp3) is 0.400. The van der Waals surface area contributed by atoms with Crippen molar-refractivity contribution in [2.45, 2.75) is 12.2 Å². The highest BCUT2D eigenvalue weighted by molar-refractivity contribution is 7.11. The number of thiazole rings is 1. The average Bonchev–Trinajstić information content (AvgIpc) is 2.89. The Hall–Kier alpha value is -1.41. The zero-order valence-electron chi connectivity index (χ0n) is 9.69. The molecule has 0 radical (unpaired) electrons. The predicted octanol–water partition coefficient (Wildman–Crippen LogP) is 2.20. The Labute approximate surface area is 105 Å². The third kappa shape index (κ3) is 2.39. The van der Waals surface area contributed by atoms with Gasteiger partial charge in [-0.25, -0.2) is 9.97 Å². The van der Waals surface area contributed by atoms with Crippen LogP contribution in [-0.2, 0) is 13.2 Å². The largest absolute Gasteiger partial charge is 0.443 e. The number of aryl methyl sites for hydroxylation is 1. The summed E-state index contributed by atoms with van der Waals surface area (Å²) in [6.07, 6.45) is 0.183. The van der Waals surface area contributed by atoms with E-state index in [1.54, 1.807) is 31.1 Å². The van der Waals surface area contributed by atoms with E-state index in [2.05, 4.69) is 15.3 Å². The van der Waals surface area contributed by atoms with Crippen molar-refractivity contribution in [1.29, 1.82) is 0 Å². The first-order valence-electron chi connectivity index (χ1n) is 5.11. The maximum atomic E-state index is 12.5. The monoisotopic (exact) mass is 276 g/mol. The number of nitrogens with zero attached hydrogens (tertiary/aromatic N) is 3. The molecule has 1 unspecified atom stereocenters. The summed E-state index contributed by atoms with van der Waals surface area (Å²) in [7, 11) is 3.46. The van der Waals surface area contributed by atoms with Gasteiger partial charge in [0, 0.05) is 30.5 Å². The van der Waals surface area contributed by atoms with Gasteiger partial charge in [-0.2, -0.15) is 13.2 Å². The quantitative estimate of drug-likeness (QED) is 0.934. The normalized spacial score (nSPS) is 13.8. The molecular formula is C10H11F3N4S. The van der Waals surface area contributed by atoms with E-state index < -0.39 is 17.2 Å². The van der Waals surface area contributed by atoms with Gasteiger partial charge in [-0.15, -0.1) is 11.3 Å². The van der Waals surface area contributed by atoms with Crippen LogP contribution in [0.25, 0.3) is 0 Å². The molecular weight excluding hydrogens is 265 g/mol. The van der Waals surface area contributed by atoms with Crippen LogP contribution in [0.5, 0.6) is 0 Å². The second-order valence-corrected chi connectivity index (χ2v) is 4.75. The summed E-state index contributed by atoms with van der Waals surface area (Å²) in [4.78, 5) is 8.03. The van der Waals surface area contributed by atoms with E-state index in [9.17, 15) is 13.2 Å². The number of imidazole rings is 1. The summed E-state index contributed by atoms with van der Waals surface area (Å²) < 4.78 is 39.2. The number of hydrogen-bond acceptors (Lipinski definition) is 4. The lowest BCUT2D eigenvalue weighted by Gasteiger charge is -2.13. The highest BCUT2D eigenvalue weighted by atomic mass is 32.1. The van der Waals surface area contributed by atoms with Crippen molar-refractivity contribution in [3.8, 4) is 0 Å². The predicted molar refractivity (Wildman–Crippen MR) is 61.2 cm³/mol. The Kier molecular flexibility index (Phi) is 3.40. The second kappa shape index (κ2) is 4.69. The van der Waals surface area contributed by atoms with Crippen LogP contribution in [0.2, 0.25) is 0 Å². The lowest BCUT2D eigenvalue weighted by atomic mass is 10.2. The fourth-order valence-electron chi connectivity index (χ4n) is 1.61. The number of halogens is 3. The third-order valence-corrected chi connectivity index (χ3v) is 3.56. The molecule has 2 heterocycles. The highest BCUT2D eigenvalue weighted by Crippen LogP contribution is 2.35. The molecule has 1 atom stereocenters. The van der Waals surface area contributed by atoms with E-state index in [0.717, 1.165) is 0 Å². The van der Waals surface area contributed by atoms with Crippen LogP contribution in [-0.4, -0.2) is 21.6 Å². The molecule has 1 N–H and O–H groups in total. The summed E-state index contributed by atoms with van der Waals surface area (Å²) in [6.45, 7) is 0. The van der Waals surface area contributed by atoms with Crippen molar-refractivity contribution in [1.82, 2.24) is 19.9 Å². The van der Waals surface area contributed by atoms with Crippen molar-refractivity contribution < 1.29 is 13.2 Å². The molecule has 0 bridgehead atoms. The molecule has 2 aromatic heterocycles. The average molecular weight is 276 g/mol. The molecule has 2 rings (SSSR count). The van der Waals surface area contributed by atoms with Gasteiger partial charge in [-0.1, -0.05) is 0 Å². The van der Waals surface area contributed by atoms with E-state index in [-0.39, 0.29) is 0 Å². The number of aromatic nitrogens is 3. The van der Waals surface area contributed by atoms with Gasteiger partial charge in [-0.05, 0) is 7.05 Å². The Balaban J connectivity index is 2.35. The van der Waals surface area contributed by atoms with Gasteiger partial charge in [0.25, 0.3) is 0 Å². The number of alkyl halides is 3. The van der Waals surface area contributed by atoms with E-state index in [1.807, 2.05) is 0 Å². The van der Waals surface area contributed by atoms with Gasteiger partial charge >= 0.3 is 6.18 Å². The molecule has 8 heteroatoms. The summed E-state index contributed by atoms with van der Waals surface area (Å²) in [5.74, 6) is 0.648. The van der Waals surface area contributed by atoms with Crippen LogP contribution >= 0.6 is 11.3 Å². The van der Waals surface area contributed by atoms with Crippen molar-refractivity contribution in [3.63, 3.8) is 0 Å². The van der Waals surface area contributed by atoms with Crippen molar-refractivity contribution in [3.05, 3.63) is 34.3 Å². The van der Waals surface area contributed by atoms with Crippen LogP contribution < -0.4 is 5.32 Å². The summed E-state index contributed by atoms with van der Waals surface area (Å²) in [5.41, 5.74) is 0. The summed E-state index contributed by atoms with van der Waals surface area (Å²) in [6, 6.07) is -0.390. The van der Waals surface area contributed by atoms with E-state index in [1.165, 1.54) is 6.20 Å². The topological polar surface area (TPSA) is 42.7 Å².